The van der Waals surface area contributed by atoms with Gasteiger partial charge in [-0.2, -0.15) is 0 Å². The van der Waals surface area contributed by atoms with Crippen LogP contribution in [0.15, 0.2) is 0 Å². The van der Waals surface area contributed by atoms with Gasteiger partial charge in [-0.1, -0.05) is 27.2 Å². The van der Waals surface area contributed by atoms with Crippen molar-refractivity contribution in [3.8, 4) is 0 Å². The molecule has 1 N–H and O–H groups in total. The predicted octanol–water partition coefficient (Wildman–Crippen LogP) is 3.23. The van der Waals surface area contributed by atoms with Crippen molar-refractivity contribution >= 4 is 0 Å². The van der Waals surface area contributed by atoms with Gasteiger partial charge in [-0.15, -0.1) is 0 Å². The Morgan fingerprint density at radius 1 is 1.42 bits per heavy atom. The molecule has 3 rings (SSSR count). The van der Waals surface area contributed by atoms with Crippen molar-refractivity contribution in [2.45, 2.75) is 71.9 Å². The number of nitrogens with zero attached hydrogens (tertiary/aromatic N) is 2. The fourth-order valence-corrected chi connectivity index (χ4v) is 3.94. The van der Waals surface area contributed by atoms with Crippen LogP contribution in [0.2, 0.25) is 0 Å². The number of hydrogen-bond donors (Lipinski definition) is 1. The Morgan fingerprint density at radius 3 is 2.95 bits per heavy atom. The van der Waals surface area contributed by atoms with E-state index in [0.29, 0.717) is 11.5 Å². The quantitative estimate of drug-likeness (QED) is 0.905. The van der Waals surface area contributed by atoms with Crippen molar-refractivity contribution in [2.75, 3.05) is 6.54 Å². The molecule has 1 aromatic heterocycles. The van der Waals surface area contributed by atoms with E-state index in [4.69, 9.17) is 4.98 Å². The average molecular weight is 261 g/mol. The number of aromatic nitrogens is 2. The number of fused-ring (bicyclic) bond motifs is 1. The lowest BCUT2D eigenvalue weighted by atomic mass is 9.86. The van der Waals surface area contributed by atoms with E-state index in [0.717, 1.165) is 25.9 Å². The van der Waals surface area contributed by atoms with E-state index in [9.17, 15) is 0 Å². The van der Waals surface area contributed by atoms with Gasteiger partial charge < -0.3 is 9.88 Å². The highest BCUT2D eigenvalue weighted by atomic mass is 15.2. The van der Waals surface area contributed by atoms with Crippen LogP contribution < -0.4 is 5.32 Å². The van der Waals surface area contributed by atoms with Crippen LogP contribution in [0.25, 0.3) is 0 Å². The van der Waals surface area contributed by atoms with Gasteiger partial charge in [-0.05, 0) is 24.7 Å². The van der Waals surface area contributed by atoms with Crippen LogP contribution in [0.3, 0.4) is 0 Å². The molecule has 1 aliphatic heterocycles. The van der Waals surface area contributed by atoms with Crippen LogP contribution >= 0.6 is 0 Å². The van der Waals surface area contributed by atoms with Crippen LogP contribution in [0.1, 0.15) is 69.7 Å². The molecular weight excluding hydrogens is 234 g/mol. The number of rotatable bonds is 3. The first-order valence-corrected chi connectivity index (χ1v) is 7.93. The summed E-state index contributed by atoms with van der Waals surface area (Å²) in [7, 11) is 0. The standard InChI is InChI=1S/C16H27N3/c1-4-6-15-18-12-11-17-10-8-13(12)19(15)14-7-5-9-16(14,2)3/h14,17H,4-11H2,1-3H3. The molecule has 2 aliphatic rings. The van der Waals surface area contributed by atoms with Crippen LogP contribution in [-0.4, -0.2) is 16.1 Å². The Kier molecular flexibility index (Phi) is 3.42. The number of aryl methyl sites for hydroxylation is 1. The summed E-state index contributed by atoms with van der Waals surface area (Å²) in [6, 6.07) is 0.670. The van der Waals surface area contributed by atoms with Gasteiger partial charge in [0.25, 0.3) is 0 Å². The van der Waals surface area contributed by atoms with Crippen LogP contribution in [0.4, 0.5) is 0 Å². The van der Waals surface area contributed by atoms with Crippen LogP contribution in [-0.2, 0) is 19.4 Å². The van der Waals surface area contributed by atoms with Gasteiger partial charge in [0.05, 0.1) is 5.69 Å². The van der Waals surface area contributed by atoms with Crippen molar-refractivity contribution in [3.05, 3.63) is 17.2 Å². The third-order valence-electron chi connectivity index (χ3n) is 4.98. The first kappa shape index (κ1) is 13.2. The van der Waals surface area contributed by atoms with E-state index in [2.05, 4.69) is 30.7 Å². The first-order chi connectivity index (χ1) is 9.13. The zero-order valence-electron chi connectivity index (χ0n) is 12.6. The summed E-state index contributed by atoms with van der Waals surface area (Å²) in [4.78, 5) is 4.95. The summed E-state index contributed by atoms with van der Waals surface area (Å²) >= 11 is 0. The molecule has 1 saturated carbocycles. The third-order valence-corrected chi connectivity index (χ3v) is 4.98. The lowest BCUT2D eigenvalue weighted by Crippen LogP contribution is -2.29. The Balaban J connectivity index is 2.05. The maximum Gasteiger partial charge on any atom is 0.109 e. The Morgan fingerprint density at radius 2 is 2.26 bits per heavy atom. The molecule has 0 bridgehead atoms. The SMILES string of the molecule is CCCc1nc2c(n1C1CCCC1(C)C)CCNC2. The molecule has 0 amide bonds. The zero-order valence-corrected chi connectivity index (χ0v) is 12.6. The second kappa shape index (κ2) is 4.93. The maximum absolute atomic E-state index is 4.95. The molecule has 1 fully saturated rings. The Labute approximate surface area is 116 Å². The van der Waals surface area contributed by atoms with Gasteiger partial charge in [0.15, 0.2) is 0 Å². The smallest absolute Gasteiger partial charge is 0.109 e. The Hall–Kier alpha value is -0.830. The van der Waals surface area contributed by atoms with Gasteiger partial charge in [-0.25, -0.2) is 4.98 Å². The van der Waals surface area contributed by atoms with E-state index in [-0.39, 0.29) is 0 Å². The fraction of sp³-hybridized carbons (Fsp3) is 0.812. The highest BCUT2D eigenvalue weighted by Gasteiger charge is 2.38. The fourth-order valence-electron chi connectivity index (χ4n) is 3.94. The van der Waals surface area contributed by atoms with Gasteiger partial charge in [0, 0.05) is 37.7 Å². The molecule has 0 radical (unpaired) electrons. The van der Waals surface area contributed by atoms with Gasteiger partial charge in [-0.3, -0.25) is 0 Å². The molecule has 19 heavy (non-hydrogen) atoms. The van der Waals surface area contributed by atoms with E-state index in [1.807, 2.05) is 0 Å². The second-order valence-corrected chi connectivity index (χ2v) is 6.86. The summed E-state index contributed by atoms with van der Waals surface area (Å²) in [5.41, 5.74) is 3.28. The summed E-state index contributed by atoms with van der Waals surface area (Å²) < 4.78 is 2.65. The molecule has 1 aromatic rings. The van der Waals surface area contributed by atoms with Crippen molar-refractivity contribution in [3.63, 3.8) is 0 Å². The molecule has 106 valence electrons. The highest BCUT2D eigenvalue weighted by molar-refractivity contribution is 5.22. The van der Waals surface area contributed by atoms with Crippen LogP contribution in [0.5, 0.6) is 0 Å². The minimum atomic E-state index is 0.432. The molecule has 3 heteroatoms. The minimum absolute atomic E-state index is 0.432. The highest BCUT2D eigenvalue weighted by Crippen LogP contribution is 2.47. The third kappa shape index (κ3) is 2.22. The number of imidazole rings is 1. The van der Waals surface area contributed by atoms with Crippen molar-refractivity contribution in [1.29, 1.82) is 0 Å². The van der Waals surface area contributed by atoms with Crippen molar-refractivity contribution in [1.82, 2.24) is 14.9 Å². The normalized spacial score (nSPS) is 25.5. The average Bonchev–Trinajstić information content (AvgIpc) is 2.89. The number of hydrogen-bond acceptors (Lipinski definition) is 2. The summed E-state index contributed by atoms with van der Waals surface area (Å²) in [6.45, 7) is 9.21. The first-order valence-electron chi connectivity index (χ1n) is 7.93. The monoisotopic (exact) mass is 261 g/mol. The van der Waals surface area contributed by atoms with E-state index >= 15 is 0 Å². The Bertz CT molecular complexity index is 459. The van der Waals surface area contributed by atoms with Gasteiger partial charge in [0.2, 0.25) is 0 Å². The second-order valence-electron chi connectivity index (χ2n) is 6.86. The lowest BCUT2D eigenvalue weighted by molar-refractivity contribution is 0.250. The molecule has 0 aromatic carbocycles. The molecule has 1 unspecified atom stereocenters. The number of nitrogens with one attached hydrogen (secondary N) is 1. The zero-order chi connectivity index (χ0) is 13.5. The van der Waals surface area contributed by atoms with Gasteiger partial charge >= 0.3 is 0 Å². The molecule has 1 aliphatic carbocycles. The van der Waals surface area contributed by atoms with Crippen molar-refractivity contribution in [2.24, 2.45) is 5.41 Å². The summed E-state index contributed by atoms with van der Waals surface area (Å²) in [5, 5.41) is 3.46. The van der Waals surface area contributed by atoms with E-state index in [1.54, 1.807) is 0 Å². The largest absolute Gasteiger partial charge is 0.328 e. The molecule has 0 spiro atoms. The molecule has 3 nitrogen and oxygen atoms in total. The lowest BCUT2D eigenvalue weighted by Gasteiger charge is -2.32. The predicted molar refractivity (Wildman–Crippen MR) is 78.3 cm³/mol. The molecule has 1 atom stereocenters. The minimum Gasteiger partial charge on any atom is -0.328 e. The summed E-state index contributed by atoms with van der Waals surface area (Å²) in [5.74, 6) is 1.34. The van der Waals surface area contributed by atoms with Crippen molar-refractivity contribution < 1.29 is 0 Å². The van der Waals surface area contributed by atoms with Crippen LogP contribution in [0, 0.1) is 5.41 Å². The maximum atomic E-state index is 4.95. The molecule has 0 saturated heterocycles. The van der Waals surface area contributed by atoms with E-state index in [1.165, 1.54) is 42.9 Å². The van der Waals surface area contributed by atoms with Gasteiger partial charge in [0.1, 0.15) is 5.82 Å². The summed E-state index contributed by atoms with van der Waals surface area (Å²) in [6.07, 6.45) is 7.53. The topological polar surface area (TPSA) is 29.9 Å². The van der Waals surface area contributed by atoms with E-state index < -0.39 is 0 Å². The molecular formula is C16H27N3. The molecule has 2 heterocycles.